The smallest absolute Gasteiger partial charge is 0.257 e. The van der Waals surface area contributed by atoms with Crippen LogP contribution < -0.4 is 0 Å². The van der Waals surface area contributed by atoms with E-state index >= 15 is 0 Å². The first-order valence-electron chi connectivity index (χ1n) is 10.2. The highest BCUT2D eigenvalue weighted by molar-refractivity contribution is 6.30. The van der Waals surface area contributed by atoms with Crippen LogP contribution in [0.15, 0.2) is 30.5 Å². The number of piperidine rings is 1. The monoisotopic (exact) mass is 415 g/mol. The van der Waals surface area contributed by atoms with Gasteiger partial charge in [0.25, 0.3) is 5.91 Å². The van der Waals surface area contributed by atoms with Gasteiger partial charge in [0.15, 0.2) is 0 Å². The minimum Gasteiger partial charge on any atom is -0.342 e. The van der Waals surface area contributed by atoms with Crippen LogP contribution in [0.4, 0.5) is 0 Å². The number of piperazine rings is 1. The van der Waals surface area contributed by atoms with E-state index in [1.165, 1.54) is 6.42 Å². The van der Waals surface area contributed by atoms with Gasteiger partial charge in [0.1, 0.15) is 0 Å². The molecule has 3 heterocycles. The van der Waals surface area contributed by atoms with Gasteiger partial charge in [0.2, 0.25) is 5.91 Å². The van der Waals surface area contributed by atoms with Gasteiger partial charge in [-0.1, -0.05) is 23.7 Å². The third-order valence-electron chi connectivity index (χ3n) is 5.73. The maximum absolute atomic E-state index is 13.0. The zero-order valence-electron chi connectivity index (χ0n) is 16.4. The fourth-order valence-corrected chi connectivity index (χ4v) is 4.12. The Morgan fingerprint density at radius 2 is 1.62 bits per heavy atom. The lowest BCUT2D eigenvalue weighted by molar-refractivity contribution is -0.133. The van der Waals surface area contributed by atoms with Crippen LogP contribution in [-0.2, 0) is 4.79 Å². The molecule has 2 aromatic rings. The number of amides is 2. The summed E-state index contributed by atoms with van der Waals surface area (Å²) in [6.07, 6.45) is 5.01. The minimum absolute atomic E-state index is 0.0364. The first kappa shape index (κ1) is 19.9. The molecule has 0 aliphatic carbocycles. The van der Waals surface area contributed by atoms with Gasteiger partial charge in [-0.15, -0.1) is 0 Å². The second-order valence-corrected chi connectivity index (χ2v) is 8.11. The van der Waals surface area contributed by atoms with Gasteiger partial charge >= 0.3 is 0 Å². The van der Waals surface area contributed by atoms with E-state index < -0.39 is 0 Å². The fraction of sp³-hybridized carbons (Fsp3) is 0.476. The lowest BCUT2D eigenvalue weighted by atomic mass is 10.1. The fourth-order valence-electron chi connectivity index (χ4n) is 4.00. The van der Waals surface area contributed by atoms with Crippen molar-refractivity contribution in [3.05, 3.63) is 41.0 Å². The summed E-state index contributed by atoms with van der Waals surface area (Å²) in [6.45, 7) is 4.84. The number of carbonyl (C=O) groups is 2. The van der Waals surface area contributed by atoms with Gasteiger partial charge < -0.3 is 9.80 Å². The largest absolute Gasteiger partial charge is 0.342 e. The SMILES string of the molecule is O=C(CN1CCN(C(=O)c2cn[nH]c2-c2ccc(Cl)cc2)CC1)N1CCCCC1. The maximum atomic E-state index is 13.0. The Labute approximate surface area is 175 Å². The molecule has 8 heteroatoms. The second-order valence-electron chi connectivity index (χ2n) is 7.68. The molecule has 1 aromatic carbocycles. The molecule has 4 rings (SSSR count). The van der Waals surface area contributed by atoms with Crippen molar-refractivity contribution in [3.63, 3.8) is 0 Å². The van der Waals surface area contributed by atoms with Crippen molar-refractivity contribution >= 4 is 23.4 Å². The molecule has 2 aliphatic rings. The molecule has 29 heavy (non-hydrogen) atoms. The summed E-state index contributed by atoms with van der Waals surface area (Å²) in [7, 11) is 0. The molecule has 0 saturated carbocycles. The normalized spacial score (nSPS) is 18.1. The van der Waals surface area contributed by atoms with Crippen molar-refractivity contribution in [2.45, 2.75) is 19.3 Å². The van der Waals surface area contributed by atoms with E-state index in [1.54, 1.807) is 18.3 Å². The lowest BCUT2D eigenvalue weighted by Crippen LogP contribution is -2.52. The molecule has 1 aromatic heterocycles. The van der Waals surface area contributed by atoms with Crippen LogP contribution >= 0.6 is 11.6 Å². The third kappa shape index (κ3) is 4.62. The Hall–Kier alpha value is -2.38. The molecule has 0 bridgehead atoms. The highest BCUT2D eigenvalue weighted by Gasteiger charge is 2.27. The maximum Gasteiger partial charge on any atom is 0.257 e. The van der Waals surface area contributed by atoms with Crippen LogP contribution in [0.25, 0.3) is 11.3 Å². The summed E-state index contributed by atoms with van der Waals surface area (Å²) in [5.41, 5.74) is 2.14. The number of nitrogens with zero attached hydrogens (tertiary/aromatic N) is 4. The number of aromatic amines is 1. The molecule has 2 amide bonds. The van der Waals surface area contributed by atoms with Gasteiger partial charge in [0, 0.05) is 49.9 Å². The predicted octanol–water partition coefficient (Wildman–Crippen LogP) is 2.50. The van der Waals surface area contributed by atoms with Crippen LogP contribution in [-0.4, -0.2) is 82.5 Å². The Morgan fingerprint density at radius 3 is 2.31 bits per heavy atom. The van der Waals surface area contributed by atoms with E-state index in [4.69, 9.17) is 11.6 Å². The second kappa shape index (κ2) is 8.97. The molecular weight excluding hydrogens is 390 g/mol. The van der Waals surface area contributed by atoms with Crippen LogP contribution in [0.2, 0.25) is 5.02 Å². The molecule has 2 fully saturated rings. The van der Waals surface area contributed by atoms with E-state index in [0.29, 0.717) is 49.0 Å². The quantitative estimate of drug-likeness (QED) is 0.832. The summed E-state index contributed by atoms with van der Waals surface area (Å²) in [6, 6.07) is 7.34. The summed E-state index contributed by atoms with van der Waals surface area (Å²) >= 11 is 5.96. The van der Waals surface area contributed by atoms with Crippen molar-refractivity contribution in [1.82, 2.24) is 24.9 Å². The molecule has 0 unspecified atom stereocenters. The molecule has 0 radical (unpaired) electrons. The summed E-state index contributed by atoms with van der Waals surface area (Å²) in [5, 5.41) is 7.66. The van der Waals surface area contributed by atoms with Crippen molar-refractivity contribution < 1.29 is 9.59 Å². The number of nitrogens with one attached hydrogen (secondary N) is 1. The van der Waals surface area contributed by atoms with Gasteiger partial charge in [-0.3, -0.25) is 19.6 Å². The van der Waals surface area contributed by atoms with Crippen LogP contribution in [0.3, 0.4) is 0 Å². The molecular formula is C21H26ClN5O2. The van der Waals surface area contributed by atoms with E-state index in [2.05, 4.69) is 15.1 Å². The van der Waals surface area contributed by atoms with Gasteiger partial charge in [-0.2, -0.15) is 5.10 Å². The topological polar surface area (TPSA) is 72.5 Å². The molecule has 0 spiro atoms. The summed E-state index contributed by atoms with van der Waals surface area (Å²) < 4.78 is 0. The number of halogens is 1. The van der Waals surface area contributed by atoms with E-state index in [-0.39, 0.29) is 11.8 Å². The number of carbonyl (C=O) groups excluding carboxylic acids is 2. The standard InChI is InChI=1S/C21H26ClN5O2/c22-17-6-4-16(5-7-17)20-18(14-23-24-20)21(29)27-12-10-25(11-13-27)15-19(28)26-8-2-1-3-9-26/h4-7,14H,1-3,8-13,15H2,(H,23,24). The van der Waals surface area contributed by atoms with Gasteiger partial charge in [-0.25, -0.2) is 0 Å². The number of H-pyrrole nitrogens is 1. The molecule has 0 atom stereocenters. The third-order valence-corrected chi connectivity index (χ3v) is 5.98. The first-order valence-corrected chi connectivity index (χ1v) is 10.6. The van der Waals surface area contributed by atoms with Crippen LogP contribution in [0, 0.1) is 0 Å². The minimum atomic E-state index is -0.0364. The van der Waals surface area contributed by atoms with Crippen molar-refractivity contribution in [1.29, 1.82) is 0 Å². The number of benzene rings is 1. The Morgan fingerprint density at radius 1 is 0.931 bits per heavy atom. The van der Waals surface area contributed by atoms with Crippen molar-refractivity contribution in [2.75, 3.05) is 45.8 Å². The van der Waals surface area contributed by atoms with Crippen molar-refractivity contribution in [3.8, 4) is 11.3 Å². The molecule has 7 nitrogen and oxygen atoms in total. The average Bonchev–Trinajstić information content (AvgIpc) is 3.25. The predicted molar refractivity (Wildman–Crippen MR) is 112 cm³/mol. The Balaban J connectivity index is 1.34. The molecule has 2 saturated heterocycles. The van der Waals surface area contributed by atoms with E-state index in [1.807, 2.05) is 21.9 Å². The Bertz CT molecular complexity index is 852. The first-order chi connectivity index (χ1) is 14.1. The van der Waals surface area contributed by atoms with Gasteiger partial charge in [-0.05, 0) is 31.4 Å². The van der Waals surface area contributed by atoms with Crippen molar-refractivity contribution in [2.24, 2.45) is 0 Å². The molecule has 2 aliphatic heterocycles. The van der Waals surface area contributed by atoms with E-state index in [0.717, 1.165) is 31.5 Å². The zero-order chi connectivity index (χ0) is 20.2. The number of hydrogen-bond donors (Lipinski definition) is 1. The molecule has 1 N–H and O–H groups in total. The number of likely N-dealkylation sites (tertiary alicyclic amines) is 1. The Kier molecular flexibility index (Phi) is 6.16. The lowest BCUT2D eigenvalue weighted by Gasteiger charge is -2.36. The highest BCUT2D eigenvalue weighted by Crippen LogP contribution is 2.24. The summed E-state index contributed by atoms with van der Waals surface area (Å²) in [4.78, 5) is 31.5. The average molecular weight is 416 g/mol. The zero-order valence-corrected chi connectivity index (χ0v) is 17.2. The summed E-state index contributed by atoms with van der Waals surface area (Å²) in [5.74, 6) is 0.176. The molecule has 154 valence electrons. The van der Waals surface area contributed by atoms with Crippen LogP contribution in [0.1, 0.15) is 29.6 Å². The van der Waals surface area contributed by atoms with E-state index in [9.17, 15) is 9.59 Å². The number of rotatable bonds is 4. The highest BCUT2D eigenvalue weighted by atomic mass is 35.5. The van der Waals surface area contributed by atoms with Crippen LogP contribution in [0.5, 0.6) is 0 Å². The van der Waals surface area contributed by atoms with Gasteiger partial charge in [0.05, 0.1) is 24.0 Å². The number of aromatic nitrogens is 2. The number of hydrogen-bond acceptors (Lipinski definition) is 4.